The van der Waals surface area contributed by atoms with Gasteiger partial charge in [0.2, 0.25) is 0 Å². The van der Waals surface area contributed by atoms with Gasteiger partial charge in [-0.3, -0.25) is 9.36 Å². The van der Waals surface area contributed by atoms with Gasteiger partial charge < -0.3 is 9.64 Å². The van der Waals surface area contributed by atoms with Crippen LogP contribution in [0.5, 0.6) is 0 Å². The van der Waals surface area contributed by atoms with Crippen LogP contribution in [0.25, 0.3) is 10.9 Å². The van der Waals surface area contributed by atoms with Crippen LogP contribution >= 0.6 is 27.5 Å². The van der Waals surface area contributed by atoms with Crippen molar-refractivity contribution in [3.63, 3.8) is 0 Å². The monoisotopic (exact) mass is 469 g/mol. The maximum absolute atomic E-state index is 13.3. The smallest absolute Gasteiger partial charge is 0.410 e. The average Bonchev–Trinajstić information content (AvgIpc) is 2.60. The molecule has 0 aliphatic carbocycles. The zero-order valence-electron chi connectivity index (χ0n) is 16.5. The number of amides is 1. The Balaban J connectivity index is 1.91. The van der Waals surface area contributed by atoms with Gasteiger partial charge in [0.05, 0.1) is 20.8 Å². The molecule has 0 bridgehead atoms. The highest BCUT2D eigenvalue weighted by Crippen LogP contribution is 2.30. The van der Waals surface area contributed by atoms with Crippen molar-refractivity contribution in [1.29, 1.82) is 0 Å². The molecule has 1 fully saturated rings. The number of halogens is 2. The van der Waals surface area contributed by atoms with E-state index in [4.69, 9.17) is 21.3 Å². The molecule has 6 nitrogen and oxygen atoms in total. The first-order valence-electron chi connectivity index (χ1n) is 9.41. The van der Waals surface area contributed by atoms with Gasteiger partial charge in [-0.2, -0.15) is 0 Å². The third kappa shape index (κ3) is 4.35. The molecule has 1 aromatic carbocycles. The van der Waals surface area contributed by atoms with Crippen molar-refractivity contribution in [3.05, 3.63) is 39.4 Å². The van der Waals surface area contributed by atoms with E-state index < -0.39 is 5.60 Å². The van der Waals surface area contributed by atoms with Crippen LogP contribution < -0.4 is 5.56 Å². The molecule has 0 saturated carbocycles. The van der Waals surface area contributed by atoms with E-state index in [1.54, 1.807) is 27.7 Å². The lowest BCUT2D eigenvalue weighted by atomic mass is 10.0. The second-order valence-electron chi connectivity index (χ2n) is 8.09. The Morgan fingerprint density at radius 3 is 2.54 bits per heavy atom. The van der Waals surface area contributed by atoms with Gasteiger partial charge in [-0.15, -0.1) is 0 Å². The zero-order chi connectivity index (χ0) is 20.6. The summed E-state index contributed by atoms with van der Waals surface area (Å²) >= 11 is 9.86. The zero-order valence-corrected chi connectivity index (χ0v) is 18.9. The van der Waals surface area contributed by atoms with Crippen molar-refractivity contribution in [2.24, 2.45) is 0 Å². The summed E-state index contributed by atoms with van der Waals surface area (Å²) in [5, 5.41) is 0.847. The molecule has 1 aliphatic rings. The maximum Gasteiger partial charge on any atom is 0.410 e. The summed E-state index contributed by atoms with van der Waals surface area (Å²) in [5.41, 5.74) is -0.0588. The summed E-state index contributed by atoms with van der Waals surface area (Å²) in [4.78, 5) is 31.9. The third-order valence-electron chi connectivity index (χ3n) is 4.74. The summed E-state index contributed by atoms with van der Waals surface area (Å²) in [6.07, 6.45) is 1.000. The average molecular weight is 471 g/mol. The molecule has 0 N–H and O–H groups in total. The van der Waals surface area contributed by atoms with E-state index in [-0.39, 0.29) is 22.5 Å². The highest BCUT2D eigenvalue weighted by Gasteiger charge is 2.30. The van der Waals surface area contributed by atoms with Gasteiger partial charge in [-0.05, 0) is 52.7 Å². The largest absolute Gasteiger partial charge is 0.444 e. The third-order valence-corrected chi connectivity index (χ3v) is 5.47. The fourth-order valence-electron chi connectivity index (χ4n) is 3.49. The van der Waals surface area contributed by atoms with E-state index >= 15 is 0 Å². The van der Waals surface area contributed by atoms with Crippen LogP contribution in [0.2, 0.25) is 5.02 Å². The molecule has 8 heteroatoms. The Bertz CT molecular complexity index is 944. The van der Waals surface area contributed by atoms with Crippen LogP contribution in [0.1, 0.15) is 57.2 Å². The normalized spacial score (nSPS) is 17.0. The van der Waals surface area contributed by atoms with Crippen molar-refractivity contribution < 1.29 is 9.53 Å². The quantitative estimate of drug-likeness (QED) is 0.574. The van der Waals surface area contributed by atoms with Crippen LogP contribution in [0.4, 0.5) is 4.79 Å². The Morgan fingerprint density at radius 2 is 1.96 bits per heavy atom. The minimum absolute atomic E-state index is 0.0469. The first-order chi connectivity index (χ1) is 13.1. The number of hydrogen-bond donors (Lipinski definition) is 0. The number of alkyl halides is 1. The molecule has 1 atom stereocenters. The molecule has 2 aromatic rings. The molecule has 152 valence electrons. The van der Waals surface area contributed by atoms with Crippen molar-refractivity contribution in [1.82, 2.24) is 14.5 Å². The SMILES string of the molecule is CC(Br)c1nc2cccc(Cl)c2c(=O)n1C1CCN(C(=O)OC(C)(C)C)CC1. The highest BCUT2D eigenvalue weighted by molar-refractivity contribution is 9.09. The summed E-state index contributed by atoms with van der Waals surface area (Å²) in [5.74, 6) is 0.676. The number of fused-ring (bicyclic) bond motifs is 1. The lowest BCUT2D eigenvalue weighted by Gasteiger charge is -2.35. The summed E-state index contributed by atoms with van der Waals surface area (Å²) in [7, 11) is 0. The number of carbonyl (C=O) groups excluding carboxylic acids is 1. The Kier molecular flexibility index (Phi) is 6.05. The van der Waals surface area contributed by atoms with Crippen LogP contribution in [0.3, 0.4) is 0 Å². The molecule has 1 unspecified atom stereocenters. The number of benzene rings is 1. The lowest BCUT2D eigenvalue weighted by Crippen LogP contribution is -2.43. The van der Waals surface area contributed by atoms with Crippen LogP contribution in [0.15, 0.2) is 23.0 Å². The van der Waals surface area contributed by atoms with Crippen LogP contribution in [0, 0.1) is 0 Å². The fourth-order valence-corrected chi connectivity index (χ4v) is 4.06. The second-order valence-corrected chi connectivity index (χ2v) is 9.87. The molecule has 28 heavy (non-hydrogen) atoms. The number of nitrogens with zero attached hydrogens (tertiary/aromatic N) is 3. The number of rotatable bonds is 2. The standard InChI is InChI=1S/C20H25BrClN3O3/c1-12(21)17-23-15-7-5-6-14(22)16(15)18(26)25(17)13-8-10-24(11-9-13)19(27)28-20(2,3)4/h5-7,12-13H,8-11H2,1-4H3. The van der Waals surface area contributed by atoms with Gasteiger partial charge in [-0.1, -0.05) is 33.6 Å². The van der Waals surface area contributed by atoms with Crippen molar-refractivity contribution in [3.8, 4) is 0 Å². The summed E-state index contributed by atoms with van der Waals surface area (Å²) < 4.78 is 7.21. The van der Waals surface area contributed by atoms with E-state index in [0.29, 0.717) is 47.7 Å². The van der Waals surface area contributed by atoms with Crippen molar-refractivity contribution >= 4 is 44.5 Å². The van der Waals surface area contributed by atoms with E-state index in [2.05, 4.69) is 15.9 Å². The molecule has 2 heterocycles. The minimum atomic E-state index is -0.525. The first kappa shape index (κ1) is 21.1. The van der Waals surface area contributed by atoms with Crippen LogP contribution in [-0.4, -0.2) is 39.2 Å². The number of likely N-dealkylation sites (tertiary alicyclic amines) is 1. The van der Waals surface area contributed by atoms with Gasteiger partial charge in [-0.25, -0.2) is 9.78 Å². The molecule has 0 radical (unpaired) electrons. The topological polar surface area (TPSA) is 64.4 Å². The Hall–Kier alpha value is -1.60. The molecule has 1 aromatic heterocycles. The van der Waals surface area contributed by atoms with Gasteiger partial charge in [0.1, 0.15) is 11.4 Å². The fraction of sp³-hybridized carbons (Fsp3) is 0.550. The van der Waals surface area contributed by atoms with Gasteiger partial charge in [0.15, 0.2) is 0 Å². The summed E-state index contributed by atoms with van der Waals surface area (Å²) in [6.45, 7) is 8.57. The minimum Gasteiger partial charge on any atom is -0.444 e. The number of carbonyl (C=O) groups is 1. The molecule has 3 rings (SSSR count). The van der Waals surface area contributed by atoms with E-state index in [1.165, 1.54) is 0 Å². The predicted octanol–water partition coefficient (Wildman–Crippen LogP) is 5.08. The van der Waals surface area contributed by atoms with E-state index in [0.717, 1.165) is 0 Å². The van der Waals surface area contributed by atoms with Gasteiger partial charge >= 0.3 is 6.09 Å². The Morgan fingerprint density at radius 1 is 1.32 bits per heavy atom. The van der Waals surface area contributed by atoms with E-state index in [1.807, 2.05) is 27.7 Å². The van der Waals surface area contributed by atoms with Crippen molar-refractivity contribution in [2.75, 3.05) is 13.1 Å². The highest BCUT2D eigenvalue weighted by atomic mass is 79.9. The number of piperidine rings is 1. The maximum atomic E-state index is 13.3. The van der Waals surface area contributed by atoms with Gasteiger partial charge in [0, 0.05) is 19.1 Å². The molecule has 1 saturated heterocycles. The molecule has 0 spiro atoms. The lowest BCUT2D eigenvalue weighted by molar-refractivity contribution is 0.0186. The number of ether oxygens (including phenoxy) is 1. The van der Waals surface area contributed by atoms with Crippen molar-refractivity contribution in [2.45, 2.75) is 57.0 Å². The predicted molar refractivity (Wildman–Crippen MR) is 114 cm³/mol. The van der Waals surface area contributed by atoms with Gasteiger partial charge in [0.25, 0.3) is 5.56 Å². The molecular weight excluding hydrogens is 446 g/mol. The van der Waals surface area contributed by atoms with Crippen LogP contribution in [-0.2, 0) is 4.74 Å². The van der Waals surface area contributed by atoms with E-state index in [9.17, 15) is 9.59 Å². The molecular formula is C20H25BrClN3O3. The Labute approximate surface area is 178 Å². The first-order valence-corrected chi connectivity index (χ1v) is 10.7. The molecule has 1 aliphatic heterocycles. The number of hydrogen-bond acceptors (Lipinski definition) is 4. The molecule has 1 amide bonds. The second kappa shape index (κ2) is 8.03. The summed E-state index contributed by atoms with van der Waals surface area (Å²) in [6, 6.07) is 5.26. The number of aromatic nitrogens is 2.